The Bertz CT molecular complexity index is 820. The second-order valence-corrected chi connectivity index (χ2v) is 7.51. The Kier molecular flexibility index (Phi) is 3.88. The molecule has 0 aliphatic heterocycles. The molecule has 0 radical (unpaired) electrons. The van der Waals surface area contributed by atoms with Crippen LogP contribution in [0.25, 0.3) is 10.2 Å². The fraction of sp³-hybridized carbons (Fsp3) is 0.400. The van der Waals surface area contributed by atoms with E-state index in [1.54, 1.807) is 11.3 Å². The normalized spacial score (nSPS) is 20.4. The largest absolute Gasteiger partial charge is 0.366 e. The summed E-state index contributed by atoms with van der Waals surface area (Å²) in [7, 11) is 2.02. The Morgan fingerprint density at radius 3 is 2.83 bits per heavy atom. The molecule has 0 saturated heterocycles. The molecule has 120 valence electrons. The van der Waals surface area contributed by atoms with Crippen LogP contribution in [0.2, 0.25) is 0 Å². The summed E-state index contributed by atoms with van der Waals surface area (Å²) in [6, 6.07) is 5.13. The van der Waals surface area contributed by atoms with Crippen molar-refractivity contribution in [2.45, 2.75) is 31.8 Å². The van der Waals surface area contributed by atoms with Gasteiger partial charge in [-0.05, 0) is 55.9 Å². The summed E-state index contributed by atoms with van der Waals surface area (Å²) in [6.45, 7) is 1.98. The van der Waals surface area contributed by atoms with Crippen LogP contribution in [0.5, 0.6) is 0 Å². The molecule has 0 spiro atoms. The molecular weight excluding hydrogens is 328 g/mol. The lowest BCUT2D eigenvalue weighted by Crippen LogP contribution is -2.46. The number of hydrogen-bond donors (Lipinski definition) is 3. The quantitative estimate of drug-likeness (QED) is 0.658. The Morgan fingerprint density at radius 2 is 2.09 bits per heavy atom. The van der Waals surface area contributed by atoms with Gasteiger partial charge in [0.05, 0.1) is 15.9 Å². The molecule has 0 aromatic carbocycles. The highest BCUT2D eigenvalue weighted by molar-refractivity contribution is 7.17. The highest BCUT2D eigenvalue weighted by Gasteiger charge is 2.28. The molecule has 0 bridgehead atoms. The monoisotopic (exact) mass is 346 g/mol. The average molecular weight is 346 g/mol. The number of thiophene rings is 1. The van der Waals surface area contributed by atoms with Crippen molar-refractivity contribution in [3.05, 3.63) is 23.2 Å². The standard InChI is InChI=1S/C15H18N6S2/c1-8-5-12(23-21-8)19-15-18-11-3-4-22-13(11)14(20-15)17-10-6-9(7-10)16-2/h3-5,9-10,16H,6-7H2,1-2H3,(H2,17,18,19,20). The van der Waals surface area contributed by atoms with Gasteiger partial charge < -0.3 is 16.0 Å². The van der Waals surface area contributed by atoms with Crippen LogP contribution in [0, 0.1) is 6.92 Å². The zero-order valence-electron chi connectivity index (χ0n) is 13.0. The van der Waals surface area contributed by atoms with Crippen LogP contribution < -0.4 is 16.0 Å². The first-order valence-electron chi connectivity index (χ1n) is 7.60. The maximum absolute atomic E-state index is 4.69. The van der Waals surface area contributed by atoms with Crippen molar-refractivity contribution in [1.82, 2.24) is 19.7 Å². The van der Waals surface area contributed by atoms with Crippen molar-refractivity contribution in [2.75, 3.05) is 17.7 Å². The van der Waals surface area contributed by atoms with E-state index >= 15 is 0 Å². The number of aryl methyl sites for hydroxylation is 1. The number of hydrogen-bond acceptors (Lipinski definition) is 8. The average Bonchev–Trinajstić information content (AvgIpc) is 3.11. The molecule has 0 amide bonds. The maximum atomic E-state index is 4.69. The number of rotatable bonds is 5. The van der Waals surface area contributed by atoms with Gasteiger partial charge in [0.15, 0.2) is 0 Å². The lowest BCUT2D eigenvalue weighted by atomic mass is 9.87. The molecule has 3 aromatic rings. The number of fused-ring (bicyclic) bond motifs is 1. The molecule has 0 unspecified atom stereocenters. The fourth-order valence-corrected chi connectivity index (χ4v) is 4.15. The minimum Gasteiger partial charge on any atom is -0.366 e. The molecule has 6 nitrogen and oxygen atoms in total. The number of nitrogens with zero attached hydrogens (tertiary/aromatic N) is 3. The molecule has 3 aromatic heterocycles. The van der Waals surface area contributed by atoms with Crippen molar-refractivity contribution in [2.24, 2.45) is 0 Å². The van der Waals surface area contributed by atoms with Crippen molar-refractivity contribution in [3.63, 3.8) is 0 Å². The SMILES string of the molecule is CNC1CC(Nc2nc(Nc3cc(C)ns3)nc3ccsc23)C1. The fourth-order valence-electron chi connectivity index (χ4n) is 2.71. The predicted molar refractivity (Wildman–Crippen MR) is 97.0 cm³/mol. The van der Waals surface area contributed by atoms with Crippen molar-refractivity contribution in [3.8, 4) is 0 Å². The highest BCUT2D eigenvalue weighted by Crippen LogP contribution is 2.32. The first kappa shape index (κ1) is 14.8. The molecule has 1 aliphatic carbocycles. The van der Waals surface area contributed by atoms with Crippen molar-refractivity contribution in [1.29, 1.82) is 0 Å². The van der Waals surface area contributed by atoms with E-state index in [1.807, 2.05) is 26.1 Å². The van der Waals surface area contributed by atoms with E-state index in [-0.39, 0.29) is 0 Å². The van der Waals surface area contributed by atoms with Crippen LogP contribution in [0.3, 0.4) is 0 Å². The molecular formula is C15H18N6S2. The van der Waals surface area contributed by atoms with Crippen LogP contribution in [0.1, 0.15) is 18.5 Å². The second kappa shape index (κ2) is 6.03. The van der Waals surface area contributed by atoms with E-state index in [9.17, 15) is 0 Å². The molecule has 0 atom stereocenters. The van der Waals surface area contributed by atoms with Gasteiger partial charge >= 0.3 is 0 Å². The molecule has 3 N–H and O–H groups in total. The summed E-state index contributed by atoms with van der Waals surface area (Å²) >= 11 is 3.10. The van der Waals surface area contributed by atoms with Crippen molar-refractivity contribution < 1.29 is 0 Å². The van der Waals surface area contributed by atoms with Crippen molar-refractivity contribution >= 4 is 49.9 Å². The summed E-state index contributed by atoms with van der Waals surface area (Å²) in [4.78, 5) is 9.28. The molecule has 23 heavy (non-hydrogen) atoms. The van der Waals surface area contributed by atoms with Gasteiger partial charge in [0.1, 0.15) is 10.8 Å². The van der Waals surface area contributed by atoms with E-state index < -0.39 is 0 Å². The van der Waals surface area contributed by atoms with Crippen LogP contribution in [0.15, 0.2) is 17.5 Å². The smallest absolute Gasteiger partial charge is 0.230 e. The predicted octanol–water partition coefficient (Wildman–Crippen LogP) is 3.36. The van der Waals surface area contributed by atoms with Crippen LogP contribution in [-0.4, -0.2) is 33.5 Å². The Hall–Kier alpha value is -1.77. The lowest BCUT2D eigenvalue weighted by molar-refractivity contribution is 0.326. The number of nitrogens with one attached hydrogen (secondary N) is 3. The number of anilines is 3. The van der Waals surface area contributed by atoms with E-state index in [0.29, 0.717) is 18.0 Å². The topological polar surface area (TPSA) is 74.8 Å². The summed E-state index contributed by atoms with van der Waals surface area (Å²) < 4.78 is 5.39. The second-order valence-electron chi connectivity index (χ2n) is 5.79. The van der Waals surface area contributed by atoms with E-state index in [4.69, 9.17) is 0 Å². The lowest BCUT2D eigenvalue weighted by Gasteiger charge is -2.35. The first-order valence-corrected chi connectivity index (χ1v) is 9.26. The minimum atomic E-state index is 0.478. The summed E-state index contributed by atoms with van der Waals surface area (Å²) in [5, 5.41) is 13.2. The molecule has 3 heterocycles. The minimum absolute atomic E-state index is 0.478. The van der Waals surface area contributed by atoms with Gasteiger partial charge in [-0.2, -0.15) is 9.36 Å². The van der Waals surface area contributed by atoms with Gasteiger partial charge in [-0.25, -0.2) is 4.98 Å². The van der Waals surface area contributed by atoms with Gasteiger partial charge in [0, 0.05) is 12.1 Å². The highest BCUT2D eigenvalue weighted by atomic mass is 32.1. The van der Waals surface area contributed by atoms with Crippen LogP contribution >= 0.6 is 22.9 Å². The summed E-state index contributed by atoms with van der Waals surface area (Å²) in [5.41, 5.74) is 1.97. The Morgan fingerprint density at radius 1 is 1.22 bits per heavy atom. The summed E-state index contributed by atoms with van der Waals surface area (Å²) in [6.07, 6.45) is 2.26. The zero-order chi connectivity index (χ0) is 15.8. The van der Waals surface area contributed by atoms with Crippen LogP contribution in [-0.2, 0) is 0 Å². The molecule has 1 fully saturated rings. The third-order valence-corrected chi connectivity index (χ3v) is 5.76. The Balaban J connectivity index is 1.59. The van der Waals surface area contributed by atoms with E-state index in [0.717, 1.165) is 39.6 Å². The zero-order valence-corrected chi connectivity index (χ0v) is 14.6. The Labute approximate surface area is 142 Å². The van der Waals surface area contributed by atoms with Gasteiger partial charge in [-0.3, -0.25) is 0 Å². The molecule has 4 rings (SSSR count). The third-order valence-electron chi connectivity index (χ3n) is 4.05. The molecule has 8 heteroatoms. The van der Waals surface area contributed by atoms with E-state index in [2.05, 4.69) is 35.7 Å². The maximum Gasteiger partial charge on any atom is 0.230 e. The molecule has 1 saturated carbocycles. The van der Waals surface area contributed by atoms with Gasteiger partial charge in [-0.15, -0.1) is 11.3 Å². The van der Waals surface area contributed by atoms with Gasteiger partial charge in [0.25, 0.3) is 0 Å². The first-order chi connectivity index (χ1) is 11.2. The summed E-state index contributed by atoms with van der Waals surface area (Å²) in [5.74, 6) is 1.54. The molecule has 1 aliphatic rings. The van der Waals surface area contributed by atoms with Crippen LogP contribution in [0.4, 0.5) is 16.8 Å². The van der Waals surface area contributed by atoms with Gasteiger partial charge in [0.2, 0.25) is 5.95 Å². The third kappa shape index (κ3) is 3.01. The van der Waals surface area contributed by atoms with Gasteiger partial charge in [-0.1, -0.05) is 0 Å². The number of aromatic nitrogens is 3. The van der Waals surface area contributed by atoms with E-state index in [1.165, 1.54) is 11.5 Å².